The monoisotopic (exact) mass is 195 g/mol. The van der Waals surface area contributed by atoms with Crippen molar-refractivity contribution in [1.82, 2.24) is 15.1 Å². The van der Waals surface area contributed by atoms with Crippen molar-refractivity contribution in [3.05, 3.63) is 24.5 Å². The molecule has 1 heterocycles. The fourth-order valence-corrected chi connectivity index (χ4v) is 1.17. The normalized spacial score (nSPS) is 12.7. The van der Waals surface area contributed by atoms with E-state index in [1.807, 2.05) is 13.1 Å². The third-order valence-electron chi connectivity index (χ3n) is 2.15. The summed E-state index contributed by atoms with van der Waals surface area (Å²) in [4.78, 5) is 0. The number of aromatic nitrogens is 2. The number of aliphatic hydroxyl groups excluding tert-OH is 1. The molecule has 14 heavy (non-hydrogen) atoms. The molecule has 1 atom stereocenters. The summed E-state index contributed by atoms with van der Waals surface area (Å²) in [5.41, 5.74) is 1.09. The van der Waals surface area contributed by atoms with E-state index in [2.05, 4.69) is 17.0 Å². The predicted molar refractivity (Wildman–Crippen MR) is 56.6 cm³/mol. The van der Waals surface area contributed by atoms with Gasteiger partial charge in [-0.15, -0.1) is 0 Å². The van der Waals surface area contributed by atoms with Gasteiger partial charge in [-0.2, -0.15) is 5.10 Å². The maximum atomic E-state index is 8.96. The van der Waals surface area contributed by atoms with Crippen molar-refractivity contribution in [2.24, 2.45) is 0 Å². The Hall–Kier alpha value is -1.13. The van der Waals surface area contributed by atoms with Crippen LogP contribution in [0.4, 0.5) is 0 Å². The van der Waals surface area contributed by atoms with Crippen molar-refractivity contribution in [2.45, 2.75) is 25.9 Å². The standard InChI is InChI=1S/C10H17N3O/c1-3-10(8-14)11-5-9-6-12-13(4-2)7-9/h4,6-7,10-11,14H,2-3,5,8H2,1H3. The molecule has 0 radical (unpaired) electrons. The minimum atomic E-state index is 0.169. The summed E-state index contributed by atoms with van der Waals surface area (Å²) in [6.07, 6.45) is 6.27. The molecule has 0 aromatic carbocycles. The van der Waals surface area contributed by atoms with Gasteiger partial charge in [0.05, 0.1) is 12.8 Å². The second kappa shape index (κ2) is 5.57. The molecule has 0 aliphatic rings. The van der Waals surface area contributed by atoms with Crippen LogP contribution in [0, 0.1) is 0 Å². The minimum Gasteiger partial charge on any atom is -0.395 e. The molecule has 0 aliphatic carbocycles. The number of aliphatic hydroxyl groups is 1. The Bertz CT molecular complexity index is 279. The summed E-state index contributed by atoms with van der Waals surface area (Å²) in [7, 11) is 0. The van der Waals surface area contributed by atoms with E-state index in [0.29, 0.717) is 0 Å². The van der Waals surface area contributed by atoms with Gasteiger partial charge in [-0.1, -0.05) is 13.5 Å². The molecule has 1 unspecified atom stereocenters. The Morgan fingerprint density at radius 2 is 2.57 bits per heavy atom. The van der Waals surface area contributed by atoms with Gasteiger partial charge in [-0.25, -0.2) is 4.68 Å². The summed E-state index contributed by atoms with van der Waals surface area (Å²) < 4.78 is 1.66. The van der Waals surface area contributed by atoms with Gasteiger partial charge in [0.15, 0.2) is 0 Å². The molecule has 0 fully saturated rings. The third kappa shape index (κ3) is 2.97. The first-order chi connectivity index (χ1) is 6.80. The lowest BCUT2D eigenvalue weighted by Crippen LogP contribution is -2.30. The highest BCUT2D eigenvalue weighted by Crippen LogP contribution is 1.99. The molecule has 0 amide bonds. The van der Waals surface area contributed by atoms with Crippen molar-refractivity contribution in [2.75, 3.05) is 6.61 Å². The van der Waals surface area contributed by atoms with Gasteiger partial charge in [-0.3, -0.25) is 0 Å². The molecule has 0 bridgehead atoms. The van der Waals surface area contributed by atoms with Gasteiger partial charge >= 0.3 is 0 Å². The van der Waals surface area contributed by atoms with Gasteiger partial charge < -0.3 is 10.4 Å². The zero-order valence-electron chi connectivity index (χ0n) is 8.48. The lowest BCUT2D eigenvalue weighted by molar-refractivity contribution is 0.238. The Balaban J connectivity index is 2.40. The fraction of sp³-hybridized carbons (Fsp3) is 0.500. The van der Waals surface area contributed by atoms with Gasteiger partial charge in [0.2, 0.25) is 0 Å². The number of hydrogen-bond acceptors (Lipinski definition) is 3. The van der Waals surface area contributed by atoms with Crippen LogP contribution in [0.5, 0.6) is 0 Å². The number of nitrogens with zero attached hydrogens (tertiary/aromatic N) is 2. The van der Waals surface area contributed by atoms with Crippen LogP contribution in [0.2, 0.25) is 0 Å². The summed E-state index contributed by atoms with van der Waals surface area (Å²) >= 11 is 0. The largest absolute Gasteiger partial charge is 0.395 e. The highest BCUT2D eigenvalue weighted by Gasteiger charge is 2.03. The Morgan fingerprint density at radius 1 is 1.79 bits per heavy atom. The van der Waals surface area contributed by atoms with Gasteiger partial charge in [0.1, 0.15) is 0 Å². The molecule has 1 rings (SSSR count). The fourth-order valence-electron chi connectivity index (χ4n) is 1.17. The average molecular weight is 195 g/mol. The van der Waals surface area contributed by atoms with Crippen molar-refractivity contribution in [3.8, 4) is 0 Å². The van der Waals surface area contributed by atoms with Crippen LogP contribution in [0.15, 0.2) is 19.0 Å². The smallest absolute Gasteiger partial charge is 0.0584 e. The maximum absolute atomic E-state index is 8.96. The minimum absolute atomic E-state index is 0.169. The summed E-state index contributed by atoms with van der Waals surface area (Å²) in [5, 5.41) is 16.3. The number of rotatable bonds is 6. The average Bonchev–Trinajstić information content (AvgIpc) is 2.67. The van der Waals surface area contributed by atoms with E-state index in [-0.39, 0.29) is 12.6 Å². The summed E-state index contributed by atoms with van der Waals surface area (Å²) in [5.74, 6) is 0. The lowest BCUT2D eigenvalue weighted by atomic mass is 10.2. The van der Waals surface area contributed by atoms with Crippen molar-refractivity contribution in [1.29, 1.82) is 0 Å². The van der Waals surface area contributed by atoms with E-state index in [9.17, 15) is 0 Å². The van der Waals surface area contributed by atoms with Crippen LogP contribution in [0.25, 0.3) is 6.20 Å². The van der Waals surface area contributed by atoms with Crippen molar-refractivity contribution in [3.63, 3.8) is 0 Å². The van der Waals surface area contributed by atoms with E-state index in [1.54, 1.807) is 17.1 Å². The molecule has 4 heteroatoms. The van der Waals surface area contributed by atoms with E-state index in [4.69, 9.17) is 5.11 Å². The molecule has 0 saturated heterocycles. The van der Waals surface area contributed by atoms with Gasteiger partial charge in [0, 0.05) is 30.5 Å². The molecule has 1 aromatic rings. The van der Waals surface area contributed by atoms with Crippen molar-refractivity contribution < 1.29 is 5.11 Å². The van der Waals surface area contributed by atoms with Gasteiger partial charge in [-0.05, 0) is 6.42 Å². The topological polar surface area (TPSA) is 50.1 Å². The van der Waals surface area contributed by atoms with Crippen LogP contribution in [0.1, 0.15) is 18.9 Å². The molecule has 0 saturated carbocycles. The lowest BCUT2D eigenvalue weighted by Gasteiger charge is -2.12. The zero-order chi connectivity index (χ0) is 10.4. The quantitative estimate of drug-likeness (QED) is 0.707. The Kier molecular flexibility index (Phi) is 4.35. The first kappa shape index (κ1) is 10.9. The first-order valence-electron chi connectivity index (χ1n) is 4.80. The molecule has 2 N–H and O–H groups in total. The summed E-state index contributed by atoms with van der Waals surface area (Å²) in [6.45, 7) is 6.56. The van der Waals surface area contributed by atoms with E-state index in [1.165, 1.54) is 0 Å². The van der Waals surface area contributed by atoms with Crippen LogP contribution >= 0.6 is 0 Å². The molecular weight excluding hydrogens is 178 g/mol. The van der Waals surface area contributed by atoms with E-state index >= 15 is 0 Å². The second-order valence-electron chi connectivity index (χ2n) is 3.18. The highest BCUT2D eigenvalue weighted by molar-refractivity contribution is 5.17. The Labute approximate surface area is 84.2 Å². The van der Waals surface area contributed by atoms with Gasteiger partial charge in [0.25, 0.3) is 0 Å². The molecule has 4 nitrogen and oxygen atoms in total. The molecule has 0 aliphatic heterocycles. The number of hydrogen-bond donors (Lipinski definition) is 2. The van der Waals surface area contributed by atoms with Crippen LogP contribution in [-0.2, 0) is 6.54 Å². The predicted octanol–water partition coefficient (Wildman–Crippen LogP) is 0.844. The first-order valence-corrected chi connectivity index (χ1v) is 4.80. The van der Waals surface area contributed by atoms with E-state index in [0.717, 1.165) is 18.5 Å². The van der Waals surface area contributed by atoms with Crippen LogP contribution < -0.4 is 5.32 Å². The number of nitrogens with one attached hydrogen (secondary N) is 1. The molecule has 78 valence electrons. The Morgan fingerprint density at radius 3 is 3.07 bits per heavy atom. The molecule has 1 aromatic heterocycles. The molecule has 0 spiro atoms. The SMILES string of the molecule is C=Cn1cc(CNC(CC)CO)cn1. The third-order valence-corrected chi connectivity index (χ3v) is 2.15. The molecular formula is C10H17N3O. The highest BCUT2D eigenvalue weighted by atomic mass is 16.3. The zero-order valence-corrected chi connectivity index (χ0v) is 8.48. The van der Waals surface area contributed by atoms with E-state index < -0.39 is 0 Å². The van der Waals surface area contributed by atoms with Crippen LogP contribution in [-0.4, -0.2) is 27.5 Å². The van der Waals surface area contributed by atoms with Crippen molar-refractivity contribution >= 4 is 6.20 Å². The maximum Gasteiger partial charge on any atom is 0.0584 e. The second-order valence-corrected chi connectivity index (χ2v) is 3.18. The summed E-state index contributed by atoms with van der Waals surface area (Å²) in [6, 6.07) is 0.169. The van der Waals surface area contributed by atoms with Crippen LogP contribution in [0.3, 0.4) is 0 Å².